The van der Waals surface area contributed by atoms with E-state index in [0.29, 0.717) is 60.7 Å². The molecule has 0 bridgehead atoms. The number of hydrogen-bond acceptors (Lipinski definition) is 4. The zero-order chi connectivity index (χ0) is 19.4. The predicted octanol–water partition coefficient (Wildman–Crippen LogP) is 3.52. The summed E-state index contributed by atoms with van der Waals surface area (Å²) >= 11 is 3.45. The average molecular weight is 439 g/mol. The average Bonchev–Trinajstić information content (AvgIpc) is 2.69. The Morgan fingerprint density at radius 3 is 2.44 bits per heavy atom. The van der Waals surface area contributed by atoms with Crippen LogP contribution in [0, 0.1) is 0 Å². The van der Waals surface area contributed by atoms with E-state index in [2.05, 4.69) is 21.2 Å². The highest BCUT2D eigenvalue weighted by atomic mass is 79.9. The van der Waals surface area contributed by atoms with Gasteiger partial charge in [0.1, 0.15) is 18.8 Å². The minimum atomic E-state index is -0.818. The van der Waals surface area contributed by atoms with Crippen molar-refractivity contribution < 1.29 is 19.1 Å². The maximum atomic E-state index is 13.2. The molecule has 27 heavy (non-hydrogen) atoms. The molecule has 1 heterocycles. The molecule has 1 aromatic carbocycles. The first-order valence-electron chi connectivity index (χ1n) is 9.71. The third-order valence-electron chi connectivity index (χ3n) is 5.38. The molecule has 1 fully saturated rings. The summed E-state index contributed by atoms with van der Waals surface area (Å²) in [6, 6.07) is 3.41. The number of hydrogen-bond donors (Lipinski definition) is 1. The molecule has 2 amide bonds. The van der Waals surface area contributed by atoms with Gasteiger partial charge < -0.3 is 19.7 Å². The lowest BCUT2D eigenvalue weighted by molar-refractivity contribution is -0.139. The van der Waals surface area contributed by atoms with Gasteiger partial charge >= 0.3 is 0 Å². The third-order valence-corrected chi connectivity index (χ3v) is 5.97. The van der Waals surface area contributed by atoms with E-state index < -0.39 is 5.54 Å². The number of amides is 2. The number of benzene rings is 1. The van der Waals surface area contributed by atoms with Crippen LogP contribution in [0.15, 0.2) is 16.6 Å². The van der Waals surface area contributed by atoms with E-state index in [1.807, 2.05) is 18.7 Å². The molecule has 0 aromatic heterocycles. The van der Waals surface area contributed by atoms with Crippen LogP contribution in [-0.2, 0) is 4.79 Å². The number of fused-ring (bicyclic) bond motifs is 1. The van der Waals surface area contributed by atoms with Crippen LogP contribution in [0.25, 0.3) is 0 Å². The molecule has 2 aliphatic rings. The second-order valence-electron chi connectivity index (χ2n) is 7.06. The van der Waals surface area contributed by atoms with Crippen LogP contribution < -0.4 is 14.8 Å². The smallest absolute Gasteiger partial charge is 0.252 e. The van der Waals surface area contributed by atoms with Crippen LogP contribution >= 0.6 is 15.9 Å². The Kier molecular flexibility index (Phi) is 6.29. The van der Waals surface area contributed by atoms with E-state index in [0.717, 1.165) is 19.3 Å². The van der Waals surface area contributed by atoms with Crippen LogP contribution in [0.5, 0.6) is 11.5 Å². The normalized spacial score (nSPS) is 17.9. The fourth-order valence-corrected chi connectivity index (χ4v) is 4.45. The van der Waals surface area contributed by atoms with Gasteiger partial charge in [-0.05, 0) is 54.8 Å². The summed E-state index contributed by atoms with van der Waals surface area (Å²) in [4.78, 5) is 28.1. The molecule has 3 rings (SSSR count). The van der Waals surface area contributed by atoms with E-state index in [9.17, 15) is 9.59 Å². The van der Waals surface area contributed by atoms with Crippen LogP contribution in [0.1, 0.15) is 56.3 Å². The summed E-state index contributed by atoms with van der Waals surface area (Å²) in [5.74, 6) is 0.935. The van der Waals surface area contributed by atoms with Crippen molar-refractivity contribution >= 4 is 27.7 Å². The third kappa shape index (κ3) is 4.08. The molecule has 1 saturated carbocycles. The Balaban J connectivity index is 1.87. The molecular formula is C20H27BrN2O4. The number of halogens is 1. The van der Waals surface area contributed by atoms with Crippen molar-refractivity contribution in [1.29, 1.82) is 0 Å². The second-order valence-corrected chi connectivity index (χ2v) is 7.91. The SMILES string of the molecule is CCN(CC)C(=O)C1(NC(=O)c2cc(Br)c3c(c2)OCCO3)CCCCC1. The first-order valence-corrected chi connectivity index (χ1v) is 10.5. The molecule has 1 N–H and O–H groups in total. The molecule has 0 spiro atoms. The molecule has 1 aromatic rings. The predicted molar refractivity (Wildman–Crippen MR) is 106 cm³/mol. The van der Waals surface area contributed by atoms with Gasteiger partial charge in [-0.3, -0.25) is 9.59 Å². The number of nitrogens with one attached hydrogen (secondary N) is 1. The van der Waals surface area contributed by atoms with E-state index in [1.165, 1.54) is 0 Å². The van der Waals surface area contributed by atoms with Gasteiger partial charge in [0.05, 0.1) is 4.47 Å². The monoisotopic (exact) mass is 438 g/mol. The molecular weight excluding hydrogens is 412 g/mol. The Morgan fingerprint density at radius 1 is 1.11 bits per heavy atom. The van der Waals surface area contributed by atoms with E-state index in [1.54, 1.807) is 12.1 Å². The van der Waals surface area contributed by atoms with E-state index in [4.69, 9.17) is 9.47 Å². The van der Waals surface area contributed by atoms with Gasteiger partial charge in [0, 0.05) is 18.7 Å². The van der Waals surface area contributed by atoms with Crippen LogP contribution in [0.4, 0.5) is 0 Å². The van der Waals surface area contributed by atoms with E-state index >= 15 is 0 Å². The zero-order valence-corrected chi connectivity index (χ0v) is 17.6. The summed E-state index contributed by atoms with van der Waals surface area (Å²) < 4.78 is 11.9. The molecule has 148 valence electrons. The summed E-state index contributed by atoms with van der Waals surface area (Å²) in [6.45, 7) is 6.16. The van der Waals surface area contributed by atoms with Gasteiger partial charge in [-0.1, -0.05) is 19.3 Å². The topological polar surface area (TPSA) is 67.9 Å². The second kappa shape index (κ2) is 8.50. The highest BCUT2D eigenvalue weighted by Crippen LogP contribution is 2.39. The number of likely N-dealkylation sites (N-methyl/N-ethyl adjacent to an activating group) is 1. The lowest BCUT2D eigenvalue weighted by Crippen LogP contribution is -2.60. The first-order chi connectivity index (χ1) is 13.0. The number of ether oxygens (including phenoxy) is 2. The largest absolute Gasteiger partial charge is 0.486 e. The minimum Gasteiger partial charge on any atom is -0.486 e. The molecule has 0 radical (unpaired) electrons. The van der Waals surface area contributed by atoms with Crippen LogP contribution in [0.2, 0.25) is 0 Å². The Labute approximate surface area is 168 Å². The van der Waals surface area contributed by atoms with Gasteiger partial charge in [0.25, 0.3) is 5.91 Å². The Bertz CT molecular complexity index is 712. The van der Waals surface area contributed by atoms with Crippen molar-refractivity contribution in [3.63, 3.8) is 0 Å². The van der Waals surface area contributed by atoms with Crippen molar-refractivity contribution in [2.45, 2.75) is 51.5 Å². The molecule has 1 aliphatic carbocycles. The number of carbonyl (C=O) groups is 2. The van der Waals surface area contributed by atoms with Gasteiger partial charge in [-0.25, -0.2) is 0 Å². The lowest BCUT2D eigenvalue weighted by Gasteiger charge is -2.40. The highest BCUT2D eigenvalue weighted by molar-refractivity contribution is 9.10. The van der Waals surface area contributed by atoms with Gasteiger partial charge in [-0.15, -0.1) is 0 Å². The fourth-order valence-electron chi connectivity index (χ4n) is 3.89. The van der Waals surface area contributed by atoms with Gasteiger partial charge in [0.15, 0.2) is 11.5 Å². The van der Waals surface area contributed by atoms with Crippen molar-refractivity contribution in [2.75, 3.05) is 26.3 Å². The molecule has 7 heteroatoms. The van der Waals surface area contributed by atoms with Crippen molar-refractivity contribution in [2.24, 2.45) is 0 Å². The molecule has 0 unspecified atom stereocenters. The molecule has 0 atom stereocenters. The van der Waals surface area contributed by atoms with Crippen LogP contribution in [0.3, 0.4) is 0 Å². The van der Waals surface area contributed by atoms with Crippen molar-refractivity contribution in [3.05, 3.63) is 22.2 Å². The first kappa shape index (κ1) is 20.0. The quantitative estimate of drug-likeness (QED) is 0.763. The van der Waals surface area contributed by atoms with Crippen LogP contribution in [-0.4, -0.2) is 48.6 Å². The van der Waals surface area contributed by atoms with Gasteiger partial charge in [-0.2, -0.15) is 0 Å². The fraction of sp³-hybridized carbons (Fsp3) is 0.600. The van der Waals surface area contributed by atoms with Crippen molar-refractivity contribution in [1.82, 2.24) is 10.2 Å². The minimum absolute atomic E-state index is 0.0251. The maximum Gasteiger partial charge on any atom is 0.252 e. The Hall–Kier alpha value is -1.76. The summed E-state index contributed by atoms with van der Waals surface area (Å²) in [6.07, 6.45) is 4.34. The summed E-state index contributed by atoms with van der Waals surface area (Å²) in [5, 5.41) is 3.08. The standard InChI is InChI=1S/C20H27BrN2O4/c1-3-23(4-2)19(25)20(8-6-5-7-9-20)22-18(24)14-12-15(21)17-16(13-14)26-10-11-27-17/h12-13H,3-11H2,1-2H3,(H,22,24). The summed E-state index contributed by atoms with van der Waals surface area (Å²) in [7, 11) is 0. The number of rotatable bonds is 5. The molecule has 1 aliphatic heterocycles. The number of nitrogens with zero attached hydrogens (tertiary/aromatic N) is 1. The highest BCUT2D eigenvalue weighted by Gasteiger charge is 2.43. The van der Waals surface area contributed by atoms with Crippen molar-refractivity contribution in [3.8, 4) is 11.5 Å². The molecule has 0 saturated heterocycles. The van der Waals surface area contributed by atoms with E-state index in [-0.39, 0.29) is 11.8 Å². The molecule has 6 nitrogen and oxygen atoms in total. The zero-order valence-electron chi connectivity index (χ0n) is 16.0. The maximum absolute atomic E-state index is 13.2. The summed E-state index contributed by atoms with van der Waals surface area (Å²) in [5.41, 5.74) is -0.357. The lowest BCUT2D eigenvalue weighted by atomic mass is 9.80. The van der Waals surface area contributed by atoms with Gasteiger partial charge in [0.2, 0.25) is 5.91 Å². The Morgan fingerprint density at radius 2 is 1.78 bits per heavy atom. The number of carbonyl (C=O) groups excluding carboxylic acids is 2.